The fourth-order valence-corrected chi connectivity index (χ4v) is 2.54. The van der Waals surface area contributed by atoms with E-state index in [4.69, 9.17) is 5.73 Å². The minimum Gasteiger partial charge on any atom is -0.368 e. The molecule has 0 aliphatic carbocycles. The molecule has 0 radical (unpaired) electrons. The summed E-state index contributed by atoms with van der Waals surface area (Å²) in [6.07, 6.45) is 1.78. The van der Waals surface area contributed by atoms with E-state index in [1.807, 2.05) is 39.0 Å². The molecule has 1 unspecified atom stereocenters. The standard InChI is InChI=1S/C17H27N5O2/c1-17(2,3)16(24)20-13(15(18)23)12-21-8-10-22(11-9-21)14-6-4-5-7-19-14/h4-7,13H,8-12H2,1-3H3,(H2,18,23)(H,20,24). The summed E-state index contributed by atoms with van der Waals surface area (Å²) in [4.78, 5) is 32.5. The van der Waals surface area contributed by atoms with Crippen LogP contribution in [0.25, 0.3) is 0 Å². The van der Waals surface area contributed by atoms with Crippen LogP contribution in [0.2, 0.25) is 0 Å². The summed E-state index contributed by atoms with van der Waals surface area (Å²) in [6.45, 7) is 9.13. The van der Waals surface area contributed by atoms with Crippen molar-refractivity contribution < 1.29 is 9.59 Å². The lowest BCUT2D eigenvalue weighted by Gasteiger charge is -2.36. The van der Waals surface area contributed by atoms with Crippen LogP contribution in [0.4, 0.5) is 5.82 Å². The van der Waals surface area contributed by atoms with Crippen LogP contribution in [0.1, 0.15) is 20.8 Å². The van der Waals surface area contributed by atoms with E-state index in [-0.39, 0.29) is 5.91 Å². The number of carbonyl (C=O) groups excluding carboxylic acids is 2. The van der Waals surface area contributed by atoms with Gasteiger partial charge in [0.1, 0.15) is 11.9 Å². The molecule has 2 rings (SSSR count). The molecule has 3 N–H and O–H groups in total. The molecule has 1 aromatic rings. The van der Waals surface area contributed by atoms with Crippen molar-refractivity contribution in [2.45, 2.75) is 26.8 Å². The molecule has 7 nitrogen and oxygen atoms in total. The molecule has 2 amide bonds. The summed E-state index contributed by atoms with van der Waals surface area (Å²) < 4.78 is 0. The summed E-state index contributed by atoms with van der Waals surface area (Å²) in [6, 6.07) is 5.19. The van der Waals surface area contributed by atoms with Gasteiger partial charge in [0.15, 0.2) is 0 Å². The maximum absolute atomic E-state index is 12.1. The van der Waals surface area contributed by atoms with E-state index in [1.54, 1.807) is 6.20 Å². The second-order valence-electron chi connectivity index (χ2n) is 7.15. The number of hydrogen-bond donors (Lipinski definition) is 2. The van der Waals surface area contributed by atoms with Crippen molar-refractivity contribution in [3.63, 3.8) is 0 Å². The summed E-state index contributed by atoms with van der Waals surface area (Å²) >= 11 is 0. The van der Waals surface area contributed by atoms with Gasteiger partial charge in [-0.3, -0.25) is 14.5 Å². The maximum atomic E-state index is 12.1. The molecular formula is C17H27N5O2. The van der Waals surface area contributed by atoms with Crippen molar-refractivity contribution in [2.24, 2.45) is 11.1 Å². The van der Waals surface area contributed by atoms with E-state index in [9.17, 15) is 9.59 Å². The zero-order valence-corrected chi connectivity index (χ0v) is 14.7. The third-order valence-corrected chi connectivity index (χ3v) is 4.12. The average Bonchev–Trinajstić information content (AvgIpc) is 2.54. The Bertz CT molecular complexity index is 562. The summed E-state index contributed by atoms with van der Waals surface area (Å²) in [7, 11) is 0. The molecule has 1 atom stereocenters. The van der Waals surface area contributed by atoms with Crippen LogP contribution in [0.15, 0.2) is 24.4 Å². The van der Waals surface area contributed by atoms with Crippen LogP contribution >= 0.6 is 0 Å². The highest BCUT2D eigenvalue weighted by atomic mass is 16.2. The highest BCUT2D eigenvalue weighted by Gasteiger charge is 2.29. The Kier molecular flexibility index (Phi) is 5.77. The predicted molar refractivity (Wildman–Crippen MR) is 93.5 cm³/mol. The molecule has 24 heavy (non-hydrogen) atoms. The molecule has 7 heteroatoms. The number of amides is 2. The first-order chi connectivity index (χ1) is 11.3. The summed E-state index contributed by atoms with van der Waals surface area (Å²) in [5, 5.41) is 2.77. The van der Waals surface area contributed by atoms with Gasteiger partial charge in [-0.05, 0) is 12.1 Å². The van der Waals surface area contributed by atoms with Gasteiger partial charge in [0.2, 0.25) is 11.8 Å². The molecule has 2 heterocycles. The number of hydrogen-bond acceptors (Lipinski definition) is 5. The van der Waals surface area contributed by atoms with Gasteiger partial charge in [0, 0.05) is 44.3 Å². The third kappa shape index (κ3) is 4.92. The van der Waals surface area contributed by atoms with E-state index in [0.29, 0.717) is 6.54 Å². The Morgan fingerprint density at radius 2 is 1.92 bits per heavy atom. The first-order valence-electron chi connectivity index (χ1n) is 8.26. The molecule has 1 fully saturated rings. The zero-order chi connectivity index (χ0) is 17.7. The van der Waals surface area contributed by atoms with Crippen LogP contribution in [-0.2, 0) is 9.59 Å². The molecule has 1 aliphatic rings. The van der Waals surface area contributed by atoms with Crippen LogP contribution in [0, 0.1) is 5.41 Å². The first kappa shape index (κ1) is 18.2. The highest BCUT2D eigenvalue weighted by Crippen LogP contribution is 2.14. The van der Waals surface area contributed by atoms with Gasteiger partial charge in [0.25, 0.3) is 0 Å². The lowest BCUT2D eigenvalue weighted by atomic mass is 9.95. The molecule has 1 aromatic heterocycles. The van der Waals surface area contributed by atoms with Crippen molar-refractivity contribution in [3.05, 3.63) is 24.4 Å². The van der Waals surface area contributed by atoms with Gasteiger partial charge in [-0.25, -0.2) is 4.98 Å². The van der Waals surface area contributed by atoms with Crippen molar-refractivity contribution in [3.8, 4) is 0 Å². The molecule has 0 saturated carbocycles. The number of anilines is 1. The first-order valence-corrected chi connectivity index (χ1v) is 8.26. The SMILES string of the molecule is CC(C)(C)C(=O)NC(CN1CCN(c2ccccn2)CC1)C(N)=O. The lowest BCUT2D eigenvalue weighted by molar-refractivity contribution is -0.132. The second kappa shape index (κ2) is 7.61. The molecule has 0 spiro atoms. The average molecular weight is 333 g/mol. The minimum absolute atomic E-state index is 0.168. The Balaban J connectivity index is 1.88. The Morgan fingerprint density at radius 1 is 1.25 bits per heavy atom. The Hall–Kier alpha value is -2.15. The van der Waals surface area contributed by atoms with Gasteiger partial charge in [-0.2, -0.15) is 0 Å². The number of aromatic nitrogens is 1. The normalized spacial score (nSPS) is 17.4. The van der Waals surface area contributed by atoms with Crippen LogP contribution < -0.4 is 16.0 Å². The fraction of sp³-hybridized carbons (Fsp3) is 0.588. The quantitative estimate of drug-likeness (QED) is 0.804. The Morgan fingerprint density at radius 3 is 2.42 bits per heavy atom. The number of piperazine rings is 1. The number of rotatable bonds is 5. The van der Waals surface area contributed by atoms with E-state index in [0.717, 1.165) is 32.0 Å². The molecular weight excluding hydrogens is 306 g/mol. The molecule has 0 bridgehead atoms. The van der Waals surface area contributed by atoms with Crippen LogP contribution in [-0.4, -0.2) is 60.5 Å². The van der Waals surface area contributed by atoms with Crippen molar-refractivity contribution in [1.82, 2.24) is 15.2 Å². The van der Waals surface area contributed by atoms with E-state index in [1.165, 1.54) is 0 Å². The smallest absolute Gasteiger partial charge is 0.241 e. The lowest BCUT2D eigenvalue weighted by Crippen LogP contribution is -2.56. The van der Waals surface area contributed by atoms with Crippen molar-refractivity contribution in [1.29, 1.82) is 0 Å². The highest BCUT2D eigenvalue weighted by molar-refractivity contribution is 5.88. The minimum atomic E-state index is -0.668. The zero-order valence-electron chi connectivity index (χ0n) is 14.7. The monoisotopic (exact) mass is 333 g/mol. The molecule has 0 aromatic carbocycles. The number of pyridine rings is 1. The number of nitrogens with two attached hydrogens (primary N) is 1. The third-order valence-electron chi connectivity index (χ3n) is 4.12. The largest absolute Gasteiger partial charge is 0.368 e. The number of primary amides is 1. The van der Waals surface area contributed by atoms with Gasteiger partial charge >= 0.3 is 0 Å². The summed E-state index contributed by atoms with van der Waals surface area (Å²) in [5.41, 5.74) is 4.91. The van der Waals surface area contributed by atoms with Gasteiger partial charge < -0.3 is 16.0 Å². The van der Waals surface area contributed by atoms with Gasteiger partial charge in [0.05, 0.1) is 0 Å². The van der Waals surface area contributed by atoms with Gasteiger partial charge in [-0.1, -0.05) is 26.8 Å². The van der Waals surface area contributed by atoms with Crippen LogP contribution in [0.5, 0.6) is 0 Å². The number of nitrogens with one attached hydrogen (secondary N) is 1. The van der Waals surface area contributed by atoms with Gasteiger partial charge in [-0.15, -0.1) is 0 Å². The maximum Gasteiger partial charge on any atom is 0.241 e. The van der Waals surface area contributed by atoms with Crippen molar-refractivity contribution >= 4 is 17.6 Å². The fourth-order valence-electron chi connectivity index (χ4n) is 2.54. The van der Waals surface area contributed by atoms with E-state index >= 15 is 0 Å². The van der Waals surface area contributed by atoms with Crippen LogP contribution in [0.3, 0.4) is 0 Å². The van der Waals surface area contributed by atoms with E-state index in [2.05, 4.69) is 20.1 Å². The number of carbonyl (C=O) groups is 2. The predicted octanol–water partition coefficient (Wildman–Crippen LogP) is 0.220. The van der Waals surface area contributed by atoms with Crippen molar-refractivity contribution in [2.75, 3.05) is 37.6 Å². The molecule has 1 aliphatic heterocycles. The number of nitrogens with zero attached hydrogens (tertiary/aromatic N) is 3. The second-order valence-corrected chi connectivity index (χ2v) is 7.15. The molecule has 132 valence electrons. The Labute approximate surface area is 143 Å². The molecule has 1 saturated heterocycles. The summed E-state index contributed by atoms with van der Waals surface area (Å²) in [5.74, 6) is 0.294. The van der Waals surface area contributed by atoms with E-state index < -0.39 is 17.4 Å². The topological polar surface area (TPSA) is 91.6 Å².